The molecule has 2 aromatic carbocycles. The molecule has 1 aliphatic carbocycles. The van der Waals surface area contributed by atoms with Crippen molar-refractivity contribution in [3.63, 3.8) is 0 Å². The van der Waals surface area contributed by atoms with E-state index in [1.54, 1.807) is 0 Å². The third kappa shape index (κ3) is 3.45. The Morgan fingerprint density at radius 1 is 0.909 bits per heavy atom. The van der Waals surface area contributed by atoms with Gasteiger partial charge in [-0.2, -0.15) is 0 Å². The maximum atomic E-state index is 12.6. The van der Waals surface area contributed by atoms with E-state index in [0.717, 1.165) is 30.4 Å². The zero-order valence-electron chi connectivity index (χ0n) is 12.6. The Morgan fingerprint density at radius 3 is 2.00 bits per heavy atom. The summed E-state index contributed by atoms with van der Waals surface area (Å²) in [5.74, 6) is 0.252. The van der Waals surface area contributed by atoms with Crippen LogP contribution in [0.2, 0.25) is 0 Å². The van der Waals surface area contributed by atoms with Gasteiger partial charge in [0.1, 0.15) is 0 Å². The number of hydrogen-bond acceptors (Lipinski definition) is 1. The SMILES string of the molecule is O=C(NC(c1ccccc1)c1ccccc1)C1CC=CCC1. The third-order valence-corrected chi connectivity index (χ3v) is 4.19. The zero-order chi connectivity index (χ0) is 15.2. The Hall–Kier alpha value is -2.35. The summed E-state index contributed by atoms with van der Waals surface area (Å²) in [4.78, 5) is 12.6. The summed E-state index contributed by atoms with van der Waals surface area (Å²) in [5.41, 5.74) is 2.24. The van der Waals surface area contributed by atoms with Crippen LogP contribution in [0.4, 0.5) is 0 Å². The summed E-state index contributed by atoms with van der Waals surface area (Å²) in [6, 6.07) is 20.2. The Morgan fingerprint density at radius 2 is 1.50 bits per heavy atom. The Bertz CT molecular complexity index is 594. The standard InChI is InChI=1S/C20H21NO/c22-20(18-14-8-3-9-15-18)21-19(16-10-4-1-5-11-16)17-12-6-2-7-13-17/h1-8,10-13,18-19H,9,14-15H2,(H,21,22). The number of hydrogen-bond donors (Lipinski definition) is 1. The quantitative estimate of drug-likeness (QED) is 0.838. The van der Waals surface area contributed by atoms with Crippen LogP contribution in [-0.4, -0.2) is 5.91 Å². The molecule has 1 atom stereocenters. The van der Waals surface area contributed by atoms with Crippen molar-refractivity contribution in [1.29, 1.82) is 0 Å². The monoisotopic (exact) mass is 291 g/mol. The lowest BCUT2D eigenvalue weighted by Crippen LogP contribution is -2.35. The van der Waals surface area contributed by atoms with E-state index < -0.39 is 0 Å². The first-order chi connectivity index (χ1) is 10.8. The largest absolute Gasteiger partial charge is 0.345 e. The first kappa shape index (κ1) is 14.6. The number of carbonyl (C=O) groups excluding carboxylic acids is 1. The molecule has 0 saturated heterocycles. The van der Waals surface area contributed by atoms with E-state index in [-0.39, 0.29) is 17.9 Å². The maximum Gasteiger partial charge on any atom is 0.224 e. The van der Waals surface area contributed by atoms with E-state index in [1.165, 1.54) is 0 Å². The summed E-state index contributed by atoms with van der Waals surface area (Å²) in [7, 11) is 0. The van der Waals surface area contributed by atoms with Gasteiger partial charge in [0.2, 0.25) is 5.91 Å². The molecular weight excluding hydrogens is 270 g/mol. The van der Waals surface area contributed by atoms with Crippen LogP contribution in [0.5, 0.6) is 0 Å². The summed E-state index contributed by atoms with van der Waals surface area (Å²) in [6.07, 6.45) is 7.07. The highest BCUT2D eigenvalue weighted by Crippen LogP contribution is 2.24. The van der Waals surface area contributed by atoms with Crippen molar-refractivity contribution in [1.82, 2.24) is 5.32 Å². The molecule has 0 fully saturated rings. The van der Waals surface area contributed by atoms with Crippen LogP contribution < -0.4 is 5.32 Å². The van der Waals surface area contributed by atoms with Gasteiger partial charge in [-0.3, -0.25) is 4.79 Å². The molecule has 0 aromatic heterocycles. The molecule has 0 heterocycles. The van der Waals surface area contributed by atoms with E-state index in [1.807, 2.05) is 36.4 Å². The molecule has 0 aliphatic heterocycles. The molecule has 2 aromatic rings. The Kier molecular flexibility index (Phi) is 4.69. The molecule has 22 heavy (non-hydrogen) atoms. The first-order valence-corrected chi connectivity index (χ1v) is 7.90. The maximum absolute atomic E-state index is 12.6. The highest BCUT2D eigenvalue weighted by Gasteiger charge is 2.23. The van der Waals surface area contributed by atoms with Crippen LogP contribution in [-0.2, 0) is 4.79 Å². The molecule has 0 bridgehead atoms. The molecule has 0 spiro atoms. The number of rotatable bonds is 4. The van der Waals surface area contributed by atoms with Crippen LogP contribution in [0.15, 0.2) is 72.8 Å². The lowest BCUT2D eigenvalue weighted by atomic mass is 9.92. The zero-order valence-corrected chi connectivity index (χ0v) is 12.6. The van der Waals surface area contributed by atoms with E-state index in [2.05, 4.69) is 41.7 Å². The topological polar surface area (TPSA) is 29.1 Å². The second kappa shape index (κ2) is 7.08. The van der Waals surface area contributed by atoms with E-state index in [9.17, 15) is 4.79 Å². The predicted molar refractivity (Wildman–Crippen MR) is 89.4 cm³/mol. The highest BCUT2D eigenvalue weighted by atomic mass is 16.1. The fraction of sp³-hybridized carbons (Fsp3) is 0.250. The molecular formula is C20H21NO. The van der Waals surface area contributed by atoms with Gasteiger partial charge in [-0.05, 0) is 30.4 Å². The van der Waals surface area contributed by atoms with Gasteiger partial charge in [-0.1, -0.05) is 72.8 Å². The fourth-order valence-corrected chi connectivity index (χ4v) is 2.94. The molecule has 1 aliphatic rings. The van der Waals surface area contributed by atoms with E-state index in [0.29, 0.717) is 0 Å². The second-order valence-electron chi connectivity index (χ2n) is 5.74. The van der Waals surface area contributed by atoms with Gasteiger partial charge >= 0.3 is 0 Å². The van der Waals surface area contributed by atoms with Crippen molar-refractivity contribution in [3.05, 3.63) is 83.9 Å². The minimum atomic E-state index is -0.0826. The summed E-state index contributed by atoms with van der Waals surface area (Å²) < 4.78 is 0. The van der Waals surface area contributed by atoms with Crippen molar-refractivity contribution in [2.24, 2.45) is 5.92 Å². The summed E-state index contributed by atoms with van der Waals surface area (Å²) >= 11 is 0. The molecule has 112 valence electrons. The molecule has 1 N–H and O–H groups in total. The number of amides is 1. The van der Waals surface area contributed by atoms with Crippen molar-refractivity contribution in [2.75, 3.05) is 0 Å². The lowest BCUT2D eigenvalue weighted by molar-refractivity contribution is -0.125. The van der Waals surface area contributed by atoms with Crippen molar-refractivity contribution in [2.45, 2.75) is 25.3 Å². The van der Waals surface area contributed by atoms with Crippen LogP contribution >= 0.6 is 0 Å². The minimum Gasteiger partial charge on any atom is -0.345 e. The molecule has 0 saturated carbocycles. The number of carbonyl (C=O) groups is 1. The number of benzene rings is 2. The molecule has 1 amide bonds. The van der Waals surface area contributed by atoms with Crippen molar-refractivity contribution >= 4 is 5.91 Å². The van der Waals surface area contributed by atoms with Gasteiger partial charge in [0, 0.05) is 5.92 Å². The highest BCUT2D eigenvalue weighted by molar-refractivity contribution is 5.80. The third-order valence-electron chi connectivity index (χ3n) is 4.19. The van der Waals surface area contributed by atoms with Crippen molar-refractivity contribution < 1.29 is 4.79 Å². The lowest BCUT2D eigenvalue weighted by Gasteiger charge is -2.24. The van der Waals surface area contributed by atoms with Gasteiger partial charge in [0.25, 0.3) is 0 Å². The molecule has 3 rings (SSSR count). The summed E-state index contributed by atoms with van der Waals surface area (Å²) in [5, 5.41) is 3.25. The van der Waals surface area contributed by atoms with Gasteiger partial charge < -0.3 is 5.32 Å². The van der Waals surface area contributed by atoms with Crippen LogP contribution in [0.3, 0.4) is 0 Å². The predicted octanol–water partition coefficient (Wildman–Crippen LogP) is 4.25. The fourth-order valence-electron chi connectivity index (χ4n) is 2.94. The summed E-state index contributed by atoms with van der Waals surface area (Å²) in [6.45, 7) is 0. The van der Waals surface area contributed by atoms with Gasteiger partial charge in [-0.15, -0.1) is 0 Å². The molecule has 2 nitrogen and oxygen atoms in total. The molecule has 0 radical (unpaired) electrons. The van der Waals surface area contributed by atoms with Gasteiger partial charge in [-0.25, -0.2) is 0 Å². The smallest absolute Gasteiger partial charge is 0.224 e. The Labute approximate surface area is 131 Å². The van der Waals surface area contributed by atoms with Gasteiger partial charge in [0.05, 0.1) is 6.04 Å². The average Bonchev–Trinajstić information content (AvgIpc) is 2.62. The van der Waals surface area contributed by atoms with Gasteiger partial charge in [0.15, 0.2) is 0 Å². The van der Waals surface area contributed by atoms with Crippen molar-refractivity contribution in [3.8, 4) is 0 Å². The van der Waals surface area contributed by atoms with Crippen LogP contribution in [0, 0.1) is 5.92 Å². The van der Waals surface area contributed by atoms with Crippen LogP contribution in [0.25, 0.3) is 0 Å². The number of nitrogens with one attached hydrogen (secondary N) is 1. The van der Waals surface area contributed by atoms with E-state index in [4.69, 9.17) is 0 Å². The average molecular weight is 291 g/mol. The molecule has 1 unspecified atom stereocenters. The normalized spacial score (nSPS) is 17.4. The van der Waals surface area contributed by atoms with Crippen LogP contribution in [0.1, 0.15) is 36.4 Å². The van der Waals surface area contributed by atoms with E-state index >= 15 is 0 Å². The molecule has 2 heteroatoms. The number of allylic oxidation sites excluding steroid dienone is 2. The Balaban J connectivity index is 1.83. The minimum absolute atomic E-state index is 0.0826. The second-order valence-corrected chi connectivity index (χ2v) is 5.74. The first-order valence-electron chi connectivity index (χ1n) is 7.90.